The maximum atomic E-state index is 11.8. The summed E-state index contributed by atoms with van der Waals surface area (Å²) in [4.78, 5) is 0. The second-order valence-electron chi connectivity index (χ2n) is 3.59. The average molecular weight is 189 g/mol. The summed E-state index contributed by atoms with van der Waals surface area (Å²) in [5, 5.41) is 3.43. The Bertz CT molecular complexity index is 124. The number of ether oxygens (including phenoxy) is 1. The zero-order valence-electron chi connectivity index (χ0n) is 8.39. The molecule has 78 valence electrons. The number of halogens is 1. The molecule has 1 aliphatic carbocycles. The Morgan fingerprint density at radius 1 is 1.31 bits per heavy atom. The fourth-order valence-corrected chi connectivity index (χ4v) is 1.93. The van der Waals surface area contributed by atoms with E-state index >= 15 is 0 Å². The van der Waals surface area contributed by atoms with Gasteiger partial charge in [0.15, 0.2) is 0 Å². The van der Waals surface area contributed by atoms with Crippen molar-refractivity contribution in [3.05, 3.63) is 0 Å². The van der Waals surface area contributed by atoms with Crippen LogP contribution in [0.5, 0.6) is 0 Å². The van der Waals surface area contributed by atoms with Gasteiger partial charge in [-0.25, -0.2) is 4.39 Å². The maximum absolute atomic E-state index is 11.8. The predicted octanol–water partition coefficient (Wildman–Crippen LogP) is 1.89. The van der Waals surface area contributed by atoms with Crippen molar-refractivity contribution in [2.24, 2.45) is 0 Å². The summed E-state index contributed by atoms with van der Waals surface area (Å²) in [5.74, 6) is 0. The quantitative estimate of drug-likeness (QED) is 0.713. The second kappa shape index (κ2) is 6.33. The molecule has 1 N–H and O–H groups in total. The molecule has 1 rings (SSSR count). The molecule has 0 heterocycles. The van der Waals surface area contributed by atoms with Crippen molar-refractivity contribution in [1.29, 1.82) is 0 Å². The molecular formula is C10H20FNO. The minimum Gasteiger partial charge on any atom is -0.376 e. The monoisotopic (exact) mass is 189 g/mol. The summed E-state index contributed by atoms with van der Waals surface area (Å²) in [5.41, 5.74) is 0. The largest absolute Gasteiger partial charge is 0.376 e. The van der Waals surface area contributed by atoms with E-state index in [-0.39, 0.29) is 13.3 Å². The summed E-state index contributed by atoms with van der Waals surface area (Å²) in [6.07, 6.45) is 4.82. The van der Waals surface area contributed by atoms with Gasteiger partial charge in [-0.2, -0.15) is 0 Å². The third kappa shape index (κ3) is 4.05. The first-order valence-electron chi connectivity index (χ1n) is 5.27. The third-order valence-electron chi connectivity index (χ3n) is 2.60. The number of alkyl halides is 1. The molecule has 3 heteroatoms. The van der Waals surface area contributed by atoms with Gasteiger partial charge in [0.25, 0.3) is 0 Å². The molecule has 1 aliphatic rings. The topological polar surface area (TPSA) is 21.3 Å². The molecule has 0 aliphatic heterocycles. The van der Waals surface area contributed by atoms with Crippen molar-refractivity contribution in [3.8, 4) is 0 Å². The summed E-state index contributed by atoms with van der Waals surface area (Å²) in [7, 11) is 0. The number of hydrogen-bond donors (Lipinski definition) is 1. The van der Waals surface area contributed by atoms with Gasteiger partial charge in [-0.05, 0) is 32.2 Å². The lowest BCUT2D eigenvalue weighted by Crippen LogP contribution is -2.35. The van der Waals surface area contributed by atoms with E-state index in [1.54, 1.807) is 0 Å². The highest BCUT2D eigenvalue weighted by molar-refractivity contribution is 4.76. The van der Waals surface area contributed by atoms with Gasteiger partial charge >= 0.3 is 0 Å². The van der Waals surface area contributed by atoms with Crippen molar-refractivity contribution in [1.82, 2.24) is 5.32 Å². The first-order valence-corrected chi connectivity index (χ1v) is 5.27. The van der Waals surface area contributed by atoms with Crippen molar-refractivity contribution < 1.29 is 9.13 Å². The van der Waals surface area contributed by atoms with Gasteiger partial charge in [-0.1, -0.05) is 6.92 Å². The Kier molecular flexibility index (Phi) is 5.32. The van der Waals surface area contributed by atoms with Crippen molar-refractivity contribution >= 4 is 0 Å². The van der Waals surface area contributed by atoms with Crippen LogP contribution < -0.4 is 5.32 Å². The molecule has 0 aromatic rings. The van der Waals surface area contributed by atoms with E-state index < -0.39 is 0 Å². The van der Waals surface area contributed by atoms with Crippen LogP contribution in [-0.4, -0.2) is 32.0 Å². The van der Waals surface area contributed by atoms with Gasteiger partial charge < -0.3 is 10.1 Å². The first kappa shape index (κ1) is 10.9. The van der Waals surface area contributed by atoms with Gasteiger partial charge in [-0.15, -0.1) is 0 Å². The van der Waals surface area contributed by atoms with Gasteiger partial charge in [0.05, 0.1) is 12.7 Å². The molecule has 2 nitrogen and oxygen atoms in total. The molecule has 0 unspecified atom stereocenters. The van der Waals surface area contributed by atoms with Gasteiger partial charge in [-0.3, -0.25) is 0 Å². The normalized spacial score (nSPS) is 29.1. The summed E-state index contributed by atoms with van der Waals surface area (Å²) >= 11 is 0. The van der Waals surface area contributed by atoms with E-state index in [9.17, 15) is 4.39 Å². The summed E-state index contributed by atoms with van der Waals surface area (Å²) < 4.78 is 17.2. The van der Waals surface area contributed by atoms with Crippen LogP contribution in [0.3, 0.4) is 0 Å². The first-order chi connectivity index (χ1) is 6.36. The van der Waals surface area contributed by atoms with Crippen LogP contribution in [0.2, 0.25) is 0 Å². The van der Waals surface area contributed by atoms with E-state index in [1.807, 2.05) is 0 Å². The summed E-state index contributed by atoms with van der Waals surface area (Å²) in [6, 6.07) is 0.662. The molecule has 13 heavy (non-hydrogen) atoms. The summed E-state index contributed by atoms with van der Waals surface area (Å²) in [6.45, 7) is 3.09. The fraction of sp³-hybridized carbons (Fsp3) is 1.00. The van der Waals surface area contributed by atoms with Gasteiger partial charge in [0.2, 0.25) is 0 Å². The van der Waals surface area contributed by atoms with Crippen LogP contribution in [0.25, 0.3) is 0 Å². The molecule has 0 aromatic heterocycles. The number of nitrogens with one attached hydrogen (secondary N) is 1. The van der Waals surface area contributed by atoms with Crippen molar-refractivity contribution in [3.63, 3.8) is 0 Å². The highest BCUT2D eigenvalue weighted by Gasteiger charge is 2.20. The minimum atomic E-state index is -0.354. The van der Waals surface area contributed by atoms with Crippen LogP contribution in [0.4, 0.5) is 4.39 Å². The Labute approximate surface area is 79.8 Å². The molecule has 0 radical (unpaired) electrons. The van der Waals surface area contributed by atoms with E-state index in [4.69, 9.17) is 4.74 Å². The smallest absolute Gasteiger partial charge is 0.113 e. The average Bonchev–Trinajstić information content (AvgIpc) is 2.17. The molecule has 0 bridgehead atoms. The lowest BCUT2D eigenvalue weighted by Gasteiger charge is -2.28. The zero-order valence-corrected chi connectivity index (χ0v) is 8.39. The SMILES string of the molecule is CCNC1CCC(OCCF)CC1. The molecular weight excluding hydrogens is 169 g/mol. The maximum Gasteiger partial charge on any atom is 0.113 e. The van der Waals surface area contributed by atoms with Crippen LogP contribution >= 0.6 is 0 Å². The van der Waals surface area contributed by atoms with E-state index in [0.717, 1.165) is 19.4 Å². The number of hydrogen-bond acceptors (Lipinski definition) is 2. The van der Waals surface area contributed by atoms with Crippen molar-refractivity contribution in [2.75, 3.05) is 19.8 Å². The predicted molar refractivity (Wildman–Crippen MR) is 51.6 cm³/mol. The molecule has 0 amide bonds. The van der Waals surface area contributed by atoms with E-state index in [0.29, 0.717) is 12.1 Å². The standard InChI is InChI=1S/C10H20FNO/c1-2-12-9-3-5-10(6-4-9)13-8-7-11/h9-10,12H,2-8H2,1H3. The highest BCUT2D eigenvalue weighted by Crippen LogP contribution is 2.20. The lowest BCUT2D eigenvalue weighted by atomic mass is 9.93. The highest BCUT2D eigenvalue weighted by atomic mass is 19.1. The molecule has 1 fully saturated rings. The van der Waals surface area contributed by atoms with Crippen LogP contribution in [0, 0.1) is 0 Å². The van der Waals surface area contributed by atoms with E-state index in [1.165, 1.54) is 12.8 Å². The van der Waals surface area contributed by atoms with Crippen LogP contribution in [0.1, 0.15) is 32.6 Å². The van der Waals surface area contributed by atoms with E-state index in [2.05, 4.69) is 12.2 Å². The molecule has 0 spiro atoms. The Balaban J connectivity index is 2.08. The Morgan fingerprint density at radius 2 is 2.00 bits per heavy atom. The second-order valence-corrected chi connectivity index (χ2v) is 3.59. The molecule has 0 atom stereocenters. The number of rotatable bonds is 5. The Morgan fingerprint density at radius 3 is 2.54 bits per heavy atom. The van der Waals surface area contributed by atoms with Gasteiger partial charge in [0, 0.05) is 6.04 Å². The lowest BCUT2D eigenvalue weighted by molar-refractivity contribution is 0.0160. The van der Waals surface area contributed by atoms with Crippen LogP contribution in [0.15, 0.2) is 0 Å². The fourth-order valence-electron chi connectivity index (χ4n) is 1.93. The Hall–Kier alpha value is -0.150. The van der Waals surface area contributed by atoms with Crippen molar-refractivity contribution in [2.45, 2.75) is 44.8 Å². The molecule has 0 saturated heterocycles. The zero-order chi connectivity index (χ0) is 9.52. The minimum absolute atomic E-state index is 0.274. The van der Waals surface area contributed by atoms with Gasteiger partial charge in [0.1, 0.15) is 6.67 Å². The van der Waals surface area contributed by atoms with Crippen LogP contribution in [-0.2, 0) is 4.74 Å². The third-order valence-corrected chi connectivity index (χ3v) is 2.60. The molecule has 0 aromatic carbocycles. The molecule has 1 saturated carbocycles.